The fourth-order valence-electron chi connectivity index (χ4n) is 2.36. The summed E-state index contributed by atoms with van der Waals surface area (Å²) in [5.41, 5.74) is 0. The summed E-state index contributed by atoms with van der Waals surface area (Å²) in [6.07, 6.45) is -2.77. The van der Waals surface area contributed by atoms with Crippen LogP contribution in [0.25, 0.3) is 0 Å². The number of carbonyl (C=O) groups is 1. The summed E-state index contributed by atoms with van der Waals surface area (Å²) in [5.74, 6) is -1.66. The lowest BCUT2D eigenvalue weighted by Crippen LogP contribution is -2.44. The van der Waals surface area contributed by atoms with Gasteiger partial charge in [0, 0.05) is 18.5 Å². The topological polar surface area (TPSA) is 41.1 Å². The first kappa shape index (κ1) is 15.3. The summed E-state index contributed by atoms with van der Waals surface area (Å²) < 4.78 is 37.8. The Hall–Kier alpha value is -0.780. The highest BCUT2D eigenvalue weighted by molar-refractivity contribution is 5.78. The fraction of sp³-hybridized carbons (Fsp3) is 0.917. The molecule has 0 saturated heterocycles. The van der Waals surface area contributed by atoms with Gasteiger partial charge in [-0.1, -0.05) is 13.3 Å². The molecule has 2 N–H and O–H groups in total. The predicted molar refractivity (Wildman–Crippen MR) is 63.0 cm³/mol. The molecule has 0 bridgehead atoms. The van der Waals surface area contributed by atoms with Crippen LogP contribution in [-0.2, 0) is 4.79 Å². The second-order valence-electron chi connectivity index (χ2n) is 5.07. The van der Waals surface area contributed by atoms with Gasteiger partial charge in [-0.15, -0.1) is 0 Å². The number of nitrogens with one attached hydrogen (secondary N) is 2. The normalized spacial score (nSPS) is 26.7. The molecule has 0 aromatic rings. The Morgan fingerprint density at radius 1 is 1.39 bits per heavy atom. The molecule has 106 valence electrons. The molecule has 3 atom stereocenters. The number of halogens is 3. The van der Waals surface area contributed by atoms with Crippen molar-refractivity contribution in [3.8, 4) is 0 Å². The van der Waals surface area contributed by atoms with Crippen LogP contribution in [0.2, 0.25) is 0 Å². The summed E-state index contributed by atoms with van der Waals surface area (Å²) in [5, 5.41) is 5.60. The van der Waals surface area contributed by atoms with Gasteiger partial charge >= 0.3 is 6.18 Å². The third kappa shape index (κ3) is 4.48. The number of hydrogen-bond donors (Lipinski definition) is 2. The molecule has 0 aromatic heterocycles. The van der Waals surface area contributed by atoms with Gasteiger partial charge in [-0.3, -0.25) is 4.79 Å². The molecule has 1 aliphatic rings. The molecule has 0 aromatic carbocycles. The first-order chi connectivity index (χ1) is 8.34. The van der Waals surface area contributed by atoms with Crippen LogP contribution < -0.4 is 10.6 Å². The highest BCUT2D eigenvalue weighted by atomic mass is 19.4. The SMILES string of the molecule is CNCC(C)C(=O)NC1CCCC(C(F)(F)F)C1. The van der Waals surface area contributed by atoms with E-state index in [-0.39, 0.29) is 30.7 Å². The molecular weight excluding hydrogens is 245 g/mol. The smallest absolute Gasteiger partial charge is 0.353 e. The molecule has 0 spiro atoms. The van der Waals surface area contributed by atoms with Crippen molar-refractivity contribution >= 4 is 5.91 Å². The van der Waals surface area contributed by atoms with Crippen molar-refractivity contribution in [1.82, 2.24) is 10.6 Å². The van der Waals surface area contributed by atoms with E-state index in [1.165, 1.54) is 0 Å². The Morgan fingerprint density at radius 2 is 2.06 bits per heavy atom. The molecule has 1 aliphatic carbocycles. The second-order valence-corrected chi connectivity index (χ2v) is 5.07. The average molecular weight is 266 g/mol. The predicted octanol–water partition coefficient (Wildman–Crippen LogP) is 2.08. The Morgan fingerprint density at radius 3 is 2.61 bits per heavy atom. The average Bonchev–Trinajstić information content (AvgIpc) is 2.28. The van der Waals surface area contributed by atoms with E-state index < -0.39 is 12.1 Å². The van der Waals surface area contributed by atoms with E-state index in [0.29, 0.717) is 19.4 Å². The van der Waals surface area contributed by atoms with Crippen molar-refractivity contribution in [2.75, 3.05) is 13.6 Å². The largest absolute Gasteiger partial charge is 0.391 e. The molecule has 1 amide bonds. The van der Waals surface area contributed by atoms with Crippen LogP contribution in [0.1, 0.15) is 32.6 Å². The molecule has 0 heterocycles. The Balaban J connectivity index is 2.45. The zero-order valence-electron chi connectivity index (χ0n) is 10.8. The second kappa shape index (κ2) is 6.41. The molecule has 1 saturated carbocycles. The molecule has 3 nitrogen and oxygen atoms in total. The number of hydrogen-bond acceptors (Lipinski definition) is 2. The van der Waals surface area contributed by atoms with Gasteiger partial charge in [0.15, 0.2) is 0 Å². The standard InChI is InChI=1S/C12H21F3N2O/c1-8(7-16-2)11(18)17-10-5-3-4-9(6-10)12(13,14)15/h8-10,16H,3-7H2,1-2H3,(H,17,18). The van der Waals surface area contributed by atoms with Gasteiger partial charge in [-0.25, -0.2) is 0 Å². The van der Waals surface area contributed by atoms with Gasteiger partial charge in [0.25, 0.3) is 0 Å². The first-order valence-corrected chi connectivity index (χ1v) is 6.36. The van der Waals surface area contributed by atoms with E-state index in [4.69, 9.17) is 0 Å². The Kier molecular flexibility index (Phi) is 5.44. The maximum atomic E-state index is 12.6. The molecular formula is C12H21F3N2O. The van der Waals surface area contributed by atoms with Gasteiger partial charge in [0.2, 0.25) is 5.91 Å². The molecule has 6 heteroatoms. The quantitative estimate of drug-likeness (QED) is 0.818. The fourth-order valence-corrected chi connectivity index (χ4v) is 2.36. The van der Waals surface area contributed by atoms with Crippen LogP contribution in [0, 0.1) is 11.8 Å². The number of rotatable bonds is 4. The maximum Gasteiger partial charge on any atom is 0.391 e. The van der Waals surface area contributed by atoms with E-state index in [2.05, 4.69) is 10.6 Å². The Bertz CT molecular complexity index is 281. The summed E-state index contributed by atoms with van der Waals surface area (Å²) in [6.45, 7) is 2.29. The summed E-state index contributed by atoms with van der Waals surface area (Å²) >= 11 is 0. The van der Waals surface area contributed by atoms with E-state index >= 15 is 0 Å². The lowest BCUT2D eigenvalue weighted by atomic mass is 9.85. The zero-order valence-corrected chi connectivity index (χ0v) is 10.8. The minimum atomic E-state index is -4.14. The molecule has 1 fully saturated rings. The minimum Gasteiger partial charge on any atom is -0.353 e. The van der Waals surface area contributed by atoms with Crippen LogP contribution in [-0.4, -0.2) is 31.7 Å². The van der Waals surface area contributed by atoms with Crippen molar-refractivity contribution in [3.05, 3.63) is 0 Å². The number of alkyl halides is 3. The molecule has 18 heavy (non-hydrogen) atoms. The van der Waals surface area contributed by atoms with Crippen molar-refractivity contribution in [2.24, 2.45) is 11.8 Å². The maximum absolute atomic E-state index is 12.6. The Labute approximate surface area is 106 Å². The van der Waals surface area contributed by atoms with Crippen molar-refractivity contribution in [1.29, 1.82) is 0 Å². The highest BCUT2D eigenvalue weighted by Gasteiger charge is 2.42. The van der Waals surface area contributed by atoms with E-state index in [9.17, 15) is 18.0 Å². The molecule has 3 unspecified atom stereocenters. The third-order valence-corrected chi connectivity index (χ3v) is 3.44. The minimum absolute atomic E-state index is 0.0154. The van der Waals surface area contributed by atoms with Gasteiger partial charge in [0.1, 0.15) is 0 Å². The van der Waals surface area contributed by atoms with E-state index in [1.54, 1.807) is 14.0 Å². The number of carbonyl (C=O) groups excluding carboxylic acids is 1. The van der Waals surface area contributed by atoms with E-state index in [0.717, 1.165) is 0 Å². The van der Waals surface area contributed by atoms with Gasteiger partial charge in [-0.2, -0.15) is 13.2 Å². The molecule has 0 radical (unpaired) electrons. The lowest BCUT2D eigenvalue weighted by Gasteiger charge is -2.31. The lowest BCUT2D eigenvalue weighted by molar-refractivity contribution is -0.184. The van der Waals surface area contributed by atoms with Crippen LogP contribution in [0.4, 0.5) is 13.2 Å². The number of amides is 1. The third-order valence-electron chi connectivity index (χ3n) is 3.44. The summed E-state index contributed by atoms with van der Waals surface area (Å²) in [7, 11) is 1.74. The summed E-state index contributed by atoms with van der Waals surface area (Å²) in [4.78, 5) is 11.7. The van der Waals surface area contributed by atoms with Crippen LogP contribution in [0.3, 0.4) is 0 Å². The summed E-state index contributed by atoms with van der Waals surface area (Å²) in [6, 6.07) is -0.336. The van der Waals surface area contributed by atoms with Gasteiger partial charge in [0.05, 0.1) is 5.92 Å². The highest BCUT2D eigenvalue weighted by Crippen LogP contribution is 2.37. The van der Waals surface area contributed by atoms with Crippen LogP contribution in [0.15, 0.2) is 0 Å². The first-order valence-electron chi connectivity index (χ1n) is 6.36. The zero-order chi connectivity index (χ0) is 13.8. The van der Waals surface area contributed by atoms with E-state index in [1.807, 2.05) is 0 Å². The van der Waals surface area contributed by atoms with Crippen molar-refractivity contribution < 1.29 is 18.0 Å². The van der Waals surface area contributed by atoms with Gasteiger partial charge in [-0.05, 0) is 26.3 Å². The van der Waals surface area contributed by atoms with Crippen molar-refractivity contribution in [3.63, 3.8) is 0 Å². The monoisotopic (exact) mass is 266 g/mol. The van der Waals surface area contributed by atoms with Crippen LogP contribution >= 0.6 is 0 Å². The van der Waals surface area contributed by atoms with Gasteiger partial charge < -0.3 is 10.6 Å². The van der Waals surface area contributed by atoms with Crippen LogP contribution in [0.5, 0.6) is 0 Å². The molecule has 0 aliphatic heterocycles. The molecule has 1 rings (SSSR count). The van der Waals surface area contributed by atoms with Crippen molar-refractivity contribution in [2.45, 2.75) is 44.8 Å².